The first kappa shape index (κ1) is 21.4. The summed E-state index contributed by atoms with van der Waals surface area (Å²) in [6.45, 7) is 5.52. The highest BCUT2D eigenvalue weighted by Crippen LogP contribution is 2.28. The zero-order valence-electron chi connectivity index (χ0n) is 16.8. The van der Waals surface area contributed by atoms with Gasteiger partial charge >= 0.3 is 5.91 Å². The second-order valence-electron chi connectivity index (χ2n) is 6.83. The van der Waals surface area contributed by atoms with Crippen LogP contribution < -0.4 is 15.7 Å². The number of rotatable bonds is 5. The fraction of sp³-hybridized carbons (Fsp3) is 0.190. The molecule has 1 amide bonds. The highest BCUT2D eigenvalue weighted by Gasteiger charge is 2.18. The number of hydrogen-bond acceptors (Lipinski definition) is 6. The Bertz CT molecular complexity index is 1370. The Balaban J connectivity index is 1.52. The van der Waals surface area contributed by atoms with E-state index in [0.29, 0.717) is 37.6 Å². The SMILES string of the molecule is Cc1sc2nc(C)n(NC(=O)c3ccc(COc4ccc(Cl)cc4Cl)o3)c(=O)c2c1C. The van der Waals surface area contributed by atoms with Gasteiger partial charge in [0, 0.05) is 9.90 Å². The van der Waals surface area contributed by atoms with Crippen LogP contribution in [0.5, 0.6) is 5.75 Å². The number of benzene rings is 1. The number of fused-ring (bicyclic) bond motifs is 1. The molecule has 1 aromatic carbocycles. The Kier molecular flexibility index (Phi) is 5.79. The molecule has 0 unspecified atom stereocenters. The topological polar surface area (TPSA) is 86.4 Å². The van der Waals surface area contributed by atoms with Crippen LogP contribution in [-0.4, -0.2) is 15.6 Å². The summed E-state index contributed by atoms with van der Waals surface area (Å²) in [4.78, 5) is 31.7. The van der Waals surface area contributed by atoms with Crippen LogP contribution in [0.2, 0.25) is 10.0 Å². The average molecular weight is 478 g/mol. The summed E-state index contributed by atoms with van der Waals surface area (Å²) in [5.74, 6) is 0.686. The highest BCUT2D eigenvalue weighted by molar-refractivity contribution is 7.18. The first-order valence-corrected chi connectivity index (χ1v) is 10.8. The summed E-state index contributed by atoms with van der Waals surface area (Å²) in [6.07, 6.45) is 0. The van der Waals surface area contributed by atoms with E-state index in [1.54, 1.807) is 31.2 Å². The summed E-state index contributed by atoms with van der Waals surface area (Å²) in [7, 11) is 0. The highest BCUT2D eigenvalue weighted by atomic mass is 35.5. The zero-order chi connectivity index (χ0) is 22.3. The molecule has 4 aromatic rings. The molecule has 160 valence electrons. The second-order valence-corrected chi connectivity index (χ2v) is 8.88. The molecule has 31 heavy (non-hydrogen) atoms. The van der Waals surface area contributed by atoms with Crippen molar-refractivity contribution < 1.29 is 13.9 Å². The molecule has 3 aromatic heterocycles. The number of nitrogens with zero attached hydrogens (tertiary/aromatic N) is 2. The van der Waals surface area contributed by atoms with Crippen LogP contribution in [0.25, 0.3) is 10.2 Å². The van der Waals surface area contributed by atoms with E-state index < -0.39 is 5.91 Å². The molecule has 4 rings (SSSR count). The van der Waals surface area contributed by atoms with Crippen LogP contribution in [0.1, 0.15) is 32.6 Å². The summed E-state index contributed by atoms with van der Waals surface area (Å²) in [5, 5.41) is 1.37. The van der Waals surface area contributed by atoms with Crippen LogP contribution in [-0.2, 0) is 6.61 Å². The van der Waals surface area contributed by atoms with E-state index in [1.165, 1.54) is 17.4 Å². The summed E-state index contributed by atoms with van der Waals surface area (Å²) < 4.78 is 12.3. The lowest BCUT2D eigenvalue weighted by atomic mass is 10.2. The molecule has 0 spiro atoms. The molecule has 0 aliphatic carbocycles. The van der Waals surface area contributed by atoms with E-state index in [0.717, 1.165) is 15.1 Å². The number of nitrogens with one attached hydrogen (secondary N) is 1. The molecule has 1 N–H and O–H groups in total. The standard InChI is InChI=1S/C21H17Cl2N3O4S/c1-10-11(2)31-20-18(10)21(28)26(12(3)24-20)25-19(27)17-7-5-14(30-17)9-29-16-6-4-13(22)8-15(16)23/h4-8H,9H2,1-3H3,(H,25,27). The lowest BCUT2D eigenvalue weighted by molar-refractivity contribution is 0.0976. The van der Waals surface area contributed by atoms with Gasteiger partial charge in [0.15, 0.2) is 5.76 Å². The predicted octanol–water partition coefficient (Wildman–Crippen LogP) is 5.25. The van der Waals surface area contributed by atoms with Crippen LogP contribution >= 0.6 is 34.5 Å². The van der Waals surface area contributed by atoms with Crippen molar-refractivity contribution in [3.05, 3.63) is 78.5 Å². The molecule has 0 fully saturated rings. The molecular formula is C21H17Cl2N3O4S. The monoisotopic (exact) mass is 477 g/mol. The molecule has 0 aliphatic rings. The van der Waals surface area contributed by atoms with Gasteiger partial charge in [-0.3, -0.25) is 15.0 Å². The fourth-order valence-corrected chi connectivity index (χ4v) is 4.53. The minimum atomic E-state index is -0.577. The summed E-state index contributed by atoms with van der Waals surface area (Å²) >= 11 is 13.4. The smallest absolute Gasteiger partial charge is 0.305 e. The van der Waals surface area contributed by atoms with Gasteiger partial charge in [0.2, 0.25) is 0 Å². The van der Waals surface area contributed by atoms with E-state index in [2.05, 4.69) is 10.4 Å². The maximum atomic E-state index is 12.9. The van der Waals surface area contributed by atoms with Crippen molar-refractivity contribution >= 4 is 50.7 Å². The third kappa shape index (κ3) is 4.19. The molecular weight excluding hydrogens is 461 g/mol. The lowest BCUT2D eigenvalue weighted by Crippen LogP contribution is -2.35. The molecule has 0 saturated carbocycles. The maximum Gasteiger partial charge on any atom is 0.305 e. The molecule has 10 heteroatoms. The molecule has 0 radical (unpaired) electrons. The van der Waals surface area contributed by atoms with Crippen molar-refractivity contribution in [2.24, 2.45) is 0 Å². The first-order valence-electron chi connectivity index (χ1n) is 9.22. The Morgan fingerprint density at radius 1 is 1.23 bits per heavy atom. The zero-order valence-corrected chi connectivity index (χ0v) is 19.1. The number of ether oxygens (including phenoxy) is 1. The Labute approximate surface area is 191 Å². The number of hydrogen-bond donors (Lipinski definition) is 1. The third-order valence-corrected chi connectivity index (χ3v) is 6.36. The quantitative estimate of drug-likeness (QED) is 0.424. The van der Waals surface area contributed by atoms with E-state index in [1.807, 2.05) is 13.8 Å². The van der Waals surface area contributed by atoms with Crippen molar-refractivity contribution in [3.63, 3.8) is 0 Å². The lowest BCUT2D eigenvalue weighted by Gasteiger charge is -2.10. The van der Waals surface area contributed by atoms with Crippen molar-refractivity contribution in [1.82, 2.24) is 9.66 Å². The number of aryl methyl sites for hydroxylation is 3. The van der Waals surface area contributed by atoms with Crippen molar-refractivity contribution in [2.45, 2.75) is 27.4 Å². The maximum absolute atomic E-state index is 12.9. The summed E-state index contributed by atoms with van der Waals surface area (Å²) in [5.41, 5.74) is 3.09. The van der Waals surface area contributed by atoms with E-state index in [9.17, 15) is 9.59 Å². The molecule has 0 atom stereocenters. The van der Waals surface area contributed by atoms with Crippen LogP contribution in [0.15, 0.2) is 39.5 Å². The normalized spacial score (nSPS) is 11.1. The third-order valence-electron chi connectivity index (χ3n) is 4.73. The van der Waals surface area contributed by atoms with Crippen molar-refractivity contribution in [2.75, 3.05) is 5.43 Å². The van der Waals surface area contributed by atoms with Crippen molar-refractivity contribution in [1.29, 1.82) is 0 Å². The fourth-order valence-electron chi connectivity index (χ4n) is 3.00. The Morgan fingerprint density at radius 3 is 2.74 bits per heavy atom. The number of aromatic nitrogens is 2. The first-order chi connectivity index (χ1) is 14.7. The molecule has 0 aliphatic heterocycles. The van der Waals surface area contributed by atoms with Gasteiger partial charge < -0.3 is 9.15 Å². The molecule has 0 saturated heterocycles. The van der Waals surface area contributed by atoms with E-state index in [-0.39, 0.29) is 17.9 Å². The van der Waals surface area contributed by atoms with Crippen molar-refractivity contribution in [3.8, 4) is 5.75 Å². The summed E-state index contributed by atoms with van der Waals surface area (Å²) in [6, 6.07) is 7.99. The van der Waals surface area contributed by atoms with E-state index >= 15 is 0 Å². The Morgan fingerprint density at radius 2 is 2.00 bits per heavy atom. The van der Waals surface area contributed by atoms with Gasteiger partial charge in [0.05, 0.1) is 10.4 Å². The number of furan rings is 1. The molecule has 3 heterocycles. The second kappa shape index (κ2) is 8.37. The average Bonchev–Trinajstić information content (AvgIpc) is 3.29. The minimum absolute atomic E-state index is 0.0328. The number of amides is 1. The number of thiophene rings is 1. The Hall–Kier alpha value is -2.81. The largest absolute Gasteiger partial charge is 0.484 e. The predicted molar refractivity (Wildman–Crippen MR) is 121 cm³/mol. The van der Waals surface area contributed by atoms with Gasteiger partial charge in [-0.05, 0) is 56.7 Å². The van der Waals surface area contributed by atoms with Gasteiger partial charge in [0.25, 0.3) is 5.56 Å². The molecule has 0 bridgehead atoms. The number of carbonyl (C=O) groups is 1. The van der Waals surface area contributed by atoms with Gasteiger partial charge in [-0.2, -0.15) is 0 Å². The number of halogens is 2. The van der Waals surface area contributed by atoms with E-state index in [4.69, 9.17) is 32.4 Å². The van der Waals surface area contributed by atoms with Crippen LogP contribution in [0, 0.1) is 20.8 Å². The number of carbonyl (C=O) groups excluding carboxylic acids is 1. The van der Waals surface area contributed by atoms with Crippen LogP contribution in [0.4, 0.5) is 0 Å². The van der Waals surface area contributed by atoms with Gasteiger partial charge in [0.1, 0.15) is 28.8 Å². The van der Waals surface area contributed by atoms with Gasteiger partial charge in [-0.1, -0.05) is 23.2 Å². The van der Waals surface area contributed by atoms with Gasteiger partial charge in [-0.25, -0.2) is 9.66 Å². The minimum Gasteiger partial charge on any atom is -0.484 e. The molecule has 7 nitrogen and oxygen atoms in total. The van der Waals surface area contributed by atoms with Crippen LogP contribution in [0.3, 0.4) is 0 Å². The van der Waals surface area contributed by atoms with Gasteiger partial charge in [-0.15, -0.1) is 11.3 Å².